The molecule has 0 saturated carbocycles. The Morgan fingerprint density at radius 1 is 1.19 bits per heavy atom. The number of benzene rings is 1. The third-order valence-corrected chi connectivity index (χ3v) is 5.33. The average Bonchev–Trinajstić information content (AvgIpc) is 3.22. The van der Waals surface area contributed by atoms with Crippen LogP contribution >= 0.6 is 0 Å². The summed E-state index contributed by atoms with van der Waals surface area (Å²) in [5.74, 6) is 0.276. The molecule has 6 nitrogen and oxygen atoms in total. The molecule has 0 atom stereocenters. The number of carbonyl (C=O) groups excluding carboxylic acids is 1. The van der Waals surface area contributed by atoms with Crippen molar-refractivity contribution < 1.29 is 23.1 Å². The number of fused-ring (bicyclic) bond motifs is 1. The number of halogens is 1. The Labute approximate surface area is 181 Å². The number of piperidine rings is 1. The minimum Gasteiger partial charge on any atom is -0.473 e. The number of hydrogen-bond donors (Lipinski definition) is 0. The number of pyridine rings is 1. The third kappa shape index (κ3) is 4.98. The van der Waals surface area contributed by atoms with Crippen molar-refractivity contribution in [2.24, 2.45) is 0 Å². The van der Waals surface area contributed by atoms with Crippen molar-refractivity contribution in [3.8, 4) is 5.88 Å². The molecule has 1 aliphatic heterocycles. The molecular formula is C24H27FN2O4. The fourth-order valence-electron chi connectivity index (χ4n) is 3.72. The maximum absolute atomic E-state index is 14.5. The summed E-state index contributed by atoms with van der Waals surface area (Å²) in [6, 6.07) is 10.9. The van der Waals surface area contributed by atoms with Gasteiger partial charge in [-0.2, -0.15) is 0 Å². The van der Waals surface area contributed by atoms with Crippen molar-refractivity contribution in [1.29, 1.82) is 0 Å². The standard InChI is InChI=1S/C24H27FN2O4/c1-24(2,3)31-23(28)27-12-9-16(10-13-27)19-5-4-6-20(26-19)30-15-18-8-7-17-11-14-29-22(17)21(18)25/h4-8,11,14,16H,9-10,12-13,15H2,1-3H3. The van der Waals surface area contributed by atoms with E-state index in [9.17, 15) is 9.18 Å². The van der Waals surface area contributed by atoms with E-state index in [1.165, 1.54) is 6.26 Å². The maximum atomic E-state index is 14.5. The quantitative estimate of drug-likeness (QED) is 0.539. The number of hydrogen-bond acceptors (Lipinski definition) is 5. The molecule has 7 heteroatoms. The molecule has 2 aromatic heterocycles. The largest absolute Gasteiger partial charge is 0.473 e. The van der Waals surface area contributed by atoms with Crippen molar-refractivity contribution >= 4 is 17.1 Å². The van der Waals surface area contributed by atoms with Crippen LogP contribution in [0.25, 0.3) is 11.0 Å². The van der Waals surface area contributed by atoms with Crippen molar-refractivity contribution in [2.45, 2.75) is 51.7 Å². The number of furan rings is 1. The van der Waals surface area contributed by atoms with Crippen LogP contribution in [0.5, 0.6) is 5.88 Å². The normalized spacial score (nSPS) is 15.3. The summed E-state index contributed by atoms with van der Waals surface area (Å²) in [5.41, 5.74) is 1.07. The van der Waals surface area contributed by atoms with E-state index in [1.807, 2.05) is 39.0 Å². The second-order valence-corrected chi connectivity index (χ2v) is 8.81. The number of aromatic nitrogens is 1. The van der Waals surface area contributed by atoms with E-state index in [2.05, 4.69) is 4.98 Å². The van der Waals surface area contributed by atoms with Crippen LogP contribution in [0.3, 0.4) is 0 Å². The first-order valence-corrected chi connectivity index (χ1v) is 10.5. The zero-order valence-corrected chi connectivity index (χ0v) is 18.1. The molecule has 4 rings (SSSR count). The first kappa shape index (κ1) is 21.2. The van der Waals surface area contributed by atoms with E-state index in [0.29, 0.717) is 24.5 Å². The number of amides is 1. The lowest BCUT2D eigenvalue weighted by molar-refractivity contribution is 0.0204. The molecule has 0 spiro atoms. The lowest BCUT2D eigenvalue weighted by atomic mass is 9.93. The second-order valence-electron chi connectivity index (χ2n) is 8.81. The topological polar surface area (TPSA) is 64.8 Å². The van der Waals surface area contributed by atoms with E-state index in [1.54, 1.807) is 23.1 Å². The van der Waals surface area contributed by atoms with Crippen LogP contribution < -0.4 is 4.74 Å². The van der Waals surface area contributed by atoms with Crippen LogP contribution in [0.1, 0.15) is 50.8 Å². The number of rotatable bonds is 4. The summed E-state index contributed by atoms with van der Waals surface area (Å²) >= 11 is 0. The second kappa shape index (κ2) is 8.57. The van der Waals surface area contributed by atoms with E-state index >= 15 is 0 Å². The van der Waals surface area contributed by atoms with Gasteiger partial charge in [0.05, 0.1) is 6.26 Å². The Kier molecular flexibility index (Phi) is 5.85. The van der Waals surface area contributed by atoms with Crippen LogP contribution in [0.15, 0.2) is 47.1 Å². The van der Waals surface area contributed by atoms with Gasteiger partial charge in [-0.25, -0.2) is 14.2 Å². The molecular weight excluding hydrogens is 399 g/mol. The zero-order chi connectivity index (χ0) is 22.0. The van der Waals surface area contributed by atoms with E-state index in [4.69, 9.17) is 13.9 Å². The van der Waals surface area contributed by atoms with E-state index < -0.39 is 11.4 Å². The first-order valence-electron chi connectivity index (χ1n) is 10.5. The fraction of sp³-hybridized carbons (Fsp3) is 0.417. The van der Waals surface area contributed by atoms with Gasteiger partial charge in [-0.3, -0.25) is 0 Å². The Hall–Kier alpha value is -3.09. The Balaban J connectivity index is 1.36. The van der Waals surface area contributed by atoms with Gasteiger partial charge in [0.2, 0.25) is 5.88 Å². The highest BCUT2D eigenvalue weighted by atomic mass is 19.1. The molecule has 164 valence electrons. The summed E-state index contributed by atoms with van der Waals surface area (Å²) in [6.07, 6.45) is 2.81. The predicted molar refractivity (Wildman–Crippen MR) is 115 cm³/mol. The number of likely N-dealkylation sites (tertiary alicyclic amines) is 1. The highest BCUT2D eigenvalue weighted by Gasteiger charge is 2.28. The monoisotopic (exact) mass is 426 g/mol. The molecule has 0 unspecified atom stereocenters. The highest BCUT2D eigenvalue weighted by Crippen LogP contribution is 2.29. The van der Waals surface area contributed by atoms with Gasteiger partial charge < -0.3 is 18.8 Å². The molecule has 1 saturated heterocycles. The SMILES string of the molecule is CC(C)(C)OC(=O)N1CCC(c2cccc(OCc3ccc4ccoc4c3F)n2)CC1. The van der Waals surface area contributed by atoms with Crippen molar-refractivity contribution in [1.82, 2.24) is 9.88 Å². The Morgan fingerprint density at radius 3 is 2.71 bits per heavy atom. The van der Waals surface area contributed by atoms with E-state index in [0.717, 1.165) is 23.9 Å². The van der Waals surface area contributed by atoms with Crippen LogP contribution in [-0.4, -0.2) is 34.7 Å². The highest BCUT2D eigenvalue weighted by molar-refractivity contribution is 5.78. The molecule has 1 aromatic carbocycles. The molecule has 1 aliphatic rings. The lowest BCUT2D eigenvalue weighted by Gasteiger charge is -2.33. The third-order valence-electron chi connectivity index (χ3n) is 5.33. The number of ether oxygens (including phenoxy) is 2. The van der Waals surface area contributed by atoms with Gasteiger partial charge in [0.1, 0.15) is 12.2 Å². The summed E-state index contributed by atoms with van der Waals surface area (Å²) in [4.78, 5) is 18.6. The Bertz CT molecular complexity index is 1060. The molecule has 3 aromatic rings. The zero-order valence-electron chi connectivity index (χ0n) is 18.1. The molecule has 0 bridgehead atoms. The van der Waals surface area contributed by atoms with Crippen LogP contribution in [-0.2, 0) is 11.3 Å². The van der Waals surface area contributed by atoms with Crippen molar-refractivity contribution in [3.63, 3.8) is 0 Å². The molecule has 0 radical (unpaired) electrons. The van der Waals surface area contributed by atoms with Gasteiger partial charge in [-0.15, -0.1) is 0 Å². The molecule has 0 aliphatic carbocycles. The molecule has 1 amide bonds. The first-order chi connectivity index (χ1) is 14.8. The van der Waals surface area contributed by atoms with Gasteiger partial charge in [-0.05, 0) is 45.7 Å². The minimum absolute atomic E-state index is 0.0655. The summed E-state index contributed by atoms with van der Waals surface area (Å²) < 4.78 is 31.0. The Morgan fingerprint density at radius 2 is 1.97 bits per heavy atom. The molecule has 31 heavy (non-hydrogen) atoms. The maximum Gasteiger partial charge on any atom is 0.410 e. The van der Waals surface area contributed by atoms with Crippen LogP contribution in [0.2, 0.25) is 0 Å². The molecule has 1 fully saturated rings. The predicted octanol–water partition coefficient (Wildman–Crippen LogP) is 5.66. The van der Waals surface area contributed by atoms with E-state index in [-0.39, 0.29) is 24.2 Å². The van der Waals surface area contributed by atoms with Crippen molar-refractivity contribution in [2.75, 3.05) is 13.1 Å². The van der Waals surface area contributed by atoms with Gasteiger partial charge >= 0.3 is 6.09 Å². The van der Waals surface area contributed by atoms with Crippen LogP contribution in [0, 0.1) is 5.82 Å². The summed E-state index contributed by atoms with van der Waals surface area (Å²) in [6.45, 7) is 6.92. The minimum atomic E-state index is -0.498. The van der Waals surface area contributed by atoms with Crippen molar-refractivity contribution in [3.05, 3.63) is 59.7 Å². The van der Waals surface area contributed by atoms with Gasteiger partial charge in [0, 0.05) is 41.7 Å². The molecule has 3 heterocycles. The van der Waals surface area contributed by atoms with Gasteiger partial charge in [0.15, 0.2) is 11.4 Å². The number of nitrogens with zero attached hydrogens (tertiary/aromatic N) is 2. The van der Waals surface area contributed by atoms with Gasteiger partial charge in [-0.1, -0.05) is 18.2 Å². The van der Waals surface area contributed by atoms with Gasteiger partial charge in [0.25, 0.3) is 0 Å². The summed E-state index contributed by atoms with van der Waals surface area (Å²) in [5, 5.41) is 0.721. The smallest absolute Gasteiger partial charge is 0.410 e. The number of carbonyl (C=O) groups is 1. The lowest BCUT2D eigenvalue weighted by Crippen LogP contribution is -2.41. The van der Waals surface area contributed by atoms with Crippen LogP contribution in [0.4, 0.5) is 9.18 Å². The summed E-state index contributed by atoms with van der Waals surface area (Å²) in [7, 11) is 0. The average molecular weight is 426 g/mol. The molecule has 0 N–H and O–H groups in total. The fourth-order valence-corrected chi connectivity index (χ4v) is 3.72.